The van der Waals surface area contributed by atoms with Gasteiger partial charge in [0.15, 0.2) is 4.67 Å². The van der Waals surface area contributed by atoms with Gasteiger partial charge in [0.05, 0.1) is 17.1 Å². The first-order valence-electron chi connectivity index (χ1n) is 6.29. The van der Waals surface area contributed by atoms with Crippen molar-refractivity contribution in [3.63, 3.8) is 0 Å². The zero-order chi connectivity index (χ0) is 14.1. The summed E-state index contributed by atoms with van der Waals surface area (Å²) in [6.45, 7) is 2.72. The average molecular weight is 399 g/mol. The zero-order valence-electron chi connectivity index (χ0n) is 10.8. The lowest BCUT2D eigenvalue weighted by Crippen LogP contribution is -2.17. The lowest BCUT2D eigenvalue weighted by molar-refractivity contribution is 0.412. The van der Waals surface area contributed by atoms with Gasteiger partial charge < -0.3 is 14.2 Å². The third kappa shape index (κ3) is 2.85. The van der Waals surface area contributed by atoms with E-state index in [0.29, 0.717) is 11.2 Å². The maximum atomic E-state index is 5.84. The minimum atomic E-state index is 0.116. The van der Waals surface area contributed by atoms with Crippen LogP contribution in [-0.2, 0) is 6.54 Å². The maximum absolute atomic E-state index is 5.84. The van der Waals surface area contributed by atoms with Crippen molar-refractivity contribution in [1.29, 1.82) is 0 Å². The number of nitrogens with one attached hydrogen (secondary N) is 1. The number of benzene rings is 1. The molecular formula is C15H13Br2NO2. The Morgan fingerprint density at radius 2 is 1.95 bits per heavy atom. The van der Waals surface area contributed by atoms with E-state index in [1.165, 1.54) is 0 Å². The highest BCUT2D eigenvalue weighted by Crippen LogP contribution is 2.27. The Labute approximate surface area is 133 Å². The monoisotopic (exact) mass is 397 g/mol. The Bertz CT molecular complexity index is 680. The van der Waals surface area contributed by atoms with Gasteiger partial charge in [-0.15, -0.1) is 0 Å². The highest BCUT2D eigenvalue weighted by molar-refractivity contribution is 9.13. The second kappa shape index (κ2) is 5.76. The van der Waals surface area contributed by atoms with E-state index in [1.807, 2.05) is 24.3 Å². The predicted molar refractivity (Wildman–Crippen MR) is 85.6 cm³/mol. The molecule has 0 saturated carbocycles. The van der Waals surface area contributed by atoms with E-state index in [9.17, 15) is 0 Å². The zero-order valence-corrected chi connectivity index (χ0v) is 14.0. The van der Waals surface area contributed by atoms with Gasteiger partial charge in [-0.05, 0) is 57.0 Å². The third-order valence-electron chi connectivity index (χ3n) is 3.15. The number of fused-ring (bicyclic) bond motifs is 1. The van der Waals surface area contributed by atoms with E-state index in [1.54, 1.807) is 0 Å². The molecule has 5 heteroatoms. The second-order valence-corrected chi connectivity index (χ2v) is 6.20. The van der Waals surface area contributed by atoms with Crippen LogP contribution in [-0.4, -0.2) is 0 Å². The molecule has 3 nitrogen and oxygen atoms in total. The van der Waals surface area contributed by atoms with Gasteiger partial charge in [-0.2, -0.15) is 0 Å². The Kier molecular flexibility index (Phi) is 4.01. The summed E-state index contributed by atoms with van der Waals surface area (Å²) in [5.74, 6) is 1.79. The minimum Gasteiger partial charge on any atom is -0.459 e. The van der Waals surface area contributed by atoms with Crippen molar-refractivity contribution in [3.05, 3.63) is 57.1 Å². The molecule has 104 valence electrons. The SMILES string of the molecule is CC(NCc1cc(Br)c(Br)o1)c1cc2ccccc2o1. The lowest BCUT2D eigenvalue weighted by atomic mass is 10.2. The molecule has 1 atom stereocenters. The summed E-state index contributed by atoms with van der Waals surface area (Å²) in [5, 5.41) is 4.51. The van der Waals surface area contributed by atoms with Crippen molar-refractivity contribution in [1.82, 2.24) is 5.32 Å². The van der Waals surface area contributed by atoms with Gasteiger partial charge >= 0.3 is 0 Å². The smallest absolute Gasteiger partial charge is 0.183 e. The average Bonchev–Trinajstić information content (AvgIpc) is 3.00. The number of rotatable bonds is 4. The molecule has 2 heterocycles. The summed E-state index contributed by atoms with van der Waals surface area (Å²) in [6, 6.07) is 12.2. The molecule has 0 amide bonds. The number of furan rings is 2. The predicted octanol–water partition coefficient (Wildman–Crippen LogP) is 5.40. The van der Waals surface area contributed by atoms with Gasteiger partial charge in [0.1, 0.15) is 17.1 Å². The molecule has 1 unspecified atom stereocenters. The van der Waals surface area contributed by atoms with Gasteiger partial charge in [0.2, 0.25) is 0 Å². The van der Waals surface area contributed by atoms with Gasteiger partial charge in [-0.1, -0.05) is 18.2 Å². The van der Waals surface area contributed by atoms with E-state index in [-0.39, 0.29) is 6.04 Å². The summed E-state index contributed by atoms with van der Waals surface area (Å²) < 4.78 is 13.0. The van der Waals surface area contributed by atoms with Crippen molar-refractivity contribution in [2.75, 3.05) is 0 Å². The molecule has 0 radical (unpaired) electrons. The Balaban J connectivity index is 1.70. The fourth-order valence-corrected chi connectivity index (χ4v) is 2.71. The maximum Gasteiger partial charge on any atom is 0.183 e. The largest absolute Gasteiger partial charge is 0.459 e. The van der Waals surface area contributed by atoms with Crippen LogP contribution in [0.15, 0.2) is 54.4 Å². The fourth-order valence-electron chi connectivity index (χ4n) is 2.05. The van der Waals surface area contributed by atoms with Crippen LogP contribution in [0.3, 0.4) is 0 Å². The molecular weight excluding hydrogens is 386 g/mol. The molecule has 1 N–H and O–H groups in total. The quantitative estimate of drug-likeness (QED) is 0.639. The van der Waals surface area contributed by atoms with E-state index in [4.69, 9.17) is 8.83 Å². The Hall–Kier alpha value is -1.04. The van der Waals surface area contributed by atoms with Crippen molar-refractivity contribution in [3.8, 4) is 0 Å². The molecule has 0 fully saturated rings. The molecule has 0 aliphatic carbocycles. The topological polar surface area (TPSA) is 38.3 Å². The van der Waals surface area contributed by atoms with Crippen LogP contribution in [0.25, 0.3) is 11.0 Å². The summed E-state index contributed by atoms with van der Waals surface area (Å²) in [5.41, 5.74) is 0.916. The summed E-state index contributed by atoms with van der Waals surface area (Å²) in [6.07, 6.45) is 0. The standard InChI is InChI=1S/C15H13Br2NO2/c1-9(18-8-11-7-12(16)15(17)19-11)14-6-10-4-2-3-5-13(10)20-14/h2-7,9,18H,8H2,1H3. The summed E-state index contributed by atoms with van der Waals surface area (Å²) in [7, 11) is 0. The highest BCUT2D eigenvalue weighted by atomic mass is 79.9. The van der Waals surface area contributed by atoms with Crippen molar-refractivity contribution in [2.24, 2.45) is 0 Å². The number of para-hydroxylation sites is 1. The van der Waals surface area contributed by atoms with E-state index >= 15 is 0 Å². The fraction of sp³-hybridized carbons (Fsp3) is 0.200. The second-order valence-electron chi connectivity index (χ2n) is 4.62. The van der Waals surface area contributed by atoms with Crippen molar-refractivity contribution < 1.29 is 8.83 Å². The van der Waals surface area contributed by atoms with Crippen LogP contribution in [0.5, 0.6) is 0 Å². The van der Waals surface area contributed by atoms with Crippen LogP contribution < -0.4 is 5.32 Å². The molecule has 2 aromatic heterocycles. The van der Waals surface area contributed by atoms with Crippen molar-refractivity contribution in [2.45, 2.75) is 19.5 Å². The number of halogens is 2. The molecule has 0 bridgehead atoms. The van der Waals surface area contributed by atoms with E-state index in [0.717, 1.165) is 27.0 Å². The first-order chi connectivity index (χ1) is 9.63. The Morgan fingerprint density at radius 1 is 1.15 bits per heavy atom. The molecule has 0 spiro atoms. The summed E-state index contributed by atoms with van der Waals surface area (Å²) in [4.78, 5) is 0. The van der Waals surface area contributed by atoms with Crippen molar-refractivity contribution >= 4 is 42.8 Å². The third-order valence-corrected chi connectivity index (χ3v) is 4.86. The molecule has 20 heavy (non-hydrogen) atoms. The van der Waals surface area contributed by atoms with Crippen LogP contribution in [0.4, 0.5) is 0 Å². The number of hydrogen-bond donors (Lipinski definition) is 1. The first-order valence-corrected chi connectivity index (χ1v) is 7.87. The highest BCUT2D eigenvalue weighted by Gasteiger charge is 2.12. The molecule has 3 aromatic rings. The van der Waals surface area contributed by atoms with Gasteiger partial charge in [0, 0.05) is 5.39 Å². The molecule has 0 aliphatic rings. The first kappa shape index (κ1) is 13.9. The van der Waals surface area contributed by atoms with Gasteiger partial charge in [-0.3, -0.25) is 0 Å². The van der Waals surface area contributed by atoms with E-state index < -0.39 is 0 Å². The van der Waals surface area contributed by atoms with Gasteiger partial charge in [-0.25, -0.2) is 0 Å². The Morgan fingerprint density at radius 3 is 2.65 bits per heavy atom. The van der Waals surface area contributed by atoms with Crippen LogP contribution >= 0.6 is 31.9 Å². The van der Waals surface area contributed by atoms with Crippen LogP contribution in [0.2, 0.25) is 0 Å². The van der Waals surface area contributed by atoms with Crippen LogP contribution in [0, 0.1) is 0 Å². The lowest BCUT2D eigenvalue weighted by Gasteiger charge is -2.09. The van der Waals surface area contributed by atoms with Gasteiger partial charge in [0.25, 0.3) is 0 Å². The molecule has 1 aromatic carbocycles. The molecule has 3 rings (SSSR count). The number of hydrogen-bond acceptors (Lipinski definition) is 3. The normalized spacial score (nSPS) is 12.9. The molecule has 0 saturated heterocycles. The summed E-state index contributed by atoms with van der Waals surface area (Å²) >= 11 is 6.74. The van der Waals surface area contributed by atoms with Crippen LogP contribution in [0.1, 0.15) is 24.5 Å². The molecule has 0 aliphatic heterocycles. The van der Waals surface area contributed by atoms with E-state index in [2.05, 4.69) is 56.2 Å². The minimum absolute atomic E-state index is 0.116.